The molecule has 2 atom stereocenters. The van der Waals surface area contributed by atoms with Gasteiger partial charge in [0.2, 0.25) is 11.8 Å². The topological polar surface area (TPSA) is 82.2 Å². The Kier molecular flexibility index (Phi) is 4.87. The van der Waals surface area contributed by atoms with Crippen molar-refractivity contribution in [1.29, 1.82) is 0 Å². The lowest BCUT2D eigenvalue weighted by atomic mass is 9.51. The Morgan fingerprint density at radius 1 is 1.07 bits per heavy atom. The summed E-state index contributed by atoms with van der Waals surface area (Å²) < 4.78 is 0. The van der Waals surface area contributed by atoms with Gasteiger partial charge in [0, 0.05) is 32.1 Å². The lowest BCUT2D eigenvalue weighted by molar-refractivity contribution is -0.147. The zero-order valence-electron chi connectivity index (χ0n) is 17.5. The molecule has 4 aliphatic rings. The number of hydrogen-bond acceptors (Lipinski definition) is 4. The van der Waals surface area contributed by atoms with Gasteiger partial charge >= 0.3 is 0 Å². The van der Waals surface area contributed by atoms with Crippen molar-refractivity contribution in [3.63, 3.8) is 0 Å². The van der Waals surface area contributed by atoms with Gasteiger partial charge < -0.3 is 9.80 Å². The highest BCUT2D eigenvalue weighted by molar-refractivity contribution is 5.80. The van der Waals surface area contributed by atoms with Crippen LogP contribution in [0, 0.1) is 30.1 Å². The summed E-state index contributed by atoms with van der Waals surface area (Å²) in [6.45, 7) is 5.31. The van der Waals surface area contributed by atoms with Crippen LogP contribution in [-0.2, 0) is 16.0 Å². The van der Waals surface area contributed by atoms with Gasteiger partial charge in [-0.2, -0.15) is 5.10 Å². The molecule has 2 unspecified atom stereocenters. The monoisotopic (exact) mass is 399 g/mol. The van der Waals surface area contributed by atoms with Crippen molar-refractivity contribution in [2.75, 3.05) is 26.2 Å². The largest absolute Gasteiger partial charge is 0.342 e. The van der Waals surface area contributed by atoms with Gasteiger partial charge in [0.15, 0.2) is 5.82 Å². The molecule has 29 heavy (non-hydrogen) atoms. The van der Waals surface area contributed by atoms with Gasteiger partial charge in [0.1, 0.15) is 5.82 Å². The minimum Gasteiger partial charge on any atom is -0.342 e. The molecule has 4 fully saturated rings. The summed E-state index contributed by atoms with van der Waals surface area (Å²) in [5.41, 5.74) is 0.561. The van der Waals surface area contributed by atoms with Crippen LogP contribution in [0.5, 0.6) is 0 Å². The molecule has 2 aliphatic carbocycles. The number of aromatic nitrogens is 3. The lowest BCUT2D eigenvalue weighted by Crippen LogP contribution is -2.49. The van der Waals surface area contributed by atoms with E-state index in [0.29, 0.717) is 34.9 Å². The second kappa shape index (κ2) is 7.40. The van der Waals surface area contributed by atoms with Crippen molar-refractivity contribution in [2.24, 2.45) is 23.2 Å². The van der Waals surface area contributed by atoms with E-state index in [1.54, 1.807) is 0 Å². The lowest BCUT2D eigenvalue weighted by Gasteiger charge is -2.54. The van der Waals surface area contributed by atoms with Gasteiger partial charge in [-0.3, -0.25) is 14.7 Å². The fraction of sp³-hybridized carbons (Fsp3) is 0.818. The third-order valence-corrected chi connectivity index (χ3v) is 8.09. The summed E-state index contributed by atoms with van der Waals surface area (Å²) in [6, 6.07) is 0. The number of rotatable bonds is 4. The van der Waals surface area contributed by atoms with Gasteiger partial charge in [0.05, 0.1) is 6.42 Å². The maximum absolute atomic E-state index is 12.9. The average Bonchev–Trinajstić information content (AvgIpc) is 3.29. The van der Waals surface area contributed by atoms with Crippen LogP contribution in [0.4, 0.5) is 0 Å². The number of H-pyrrole nitrogens is 1. The van der Waals surface area contributed by atoms with Gasteiger partial charge in [-0.1, -0.05) is 6.42 Å². The summed E-state index contributed by atoms with van der Waals surface area (Å²) in [7, 11) is 0. The first-order valence-electron chi connectivity index (χ1n) is 11.5. The van der Waals surface area contributed by atoms with Crippen molar-refractivity contribution in [2.45, 2.75) is 64.7 Å². The molecule has 2 amide bonds. The Bertz CT molecular complexity index is 778. The second-order valence-corrected chi connectivity index (χ2v) is 10.0. The van der Waals surface area contributed by atoms with E-state index in [1.165, 1.54) is 25.7 Å². The molecule has 158 valence electrons. The minimum absolute atomic E-state index is 0.125. The SMILES string of the molecule is Cc1nc(CC(=O)N2CCCC(C3CCN(C(=O)C4CC5(CCC5)C4)C3)C2)n[nH]1. The van der Waals surface area contributed by atoms with Crippen LogP contribution < -0.4 is 0 Å². The van der Waals surface area contributed by atoms with E-state index in [1.807, 2.05) is 11.8 Å². The Morgan fingerprint density at radius 2 is 1.83 bits per heavy atom. The Morgan fingerprint density at radius 3 is 2.52 bits per heavy atom. The smallest absolute Gasteiger partial charge is 0.230 e. The molecule has 1 aromatic heterocycles. The quantitative estimate of drug-likeness (QED) is 0.842. The van der Waals surface area contributed by atoms with E-state index in [9.17, 15) is 9.59 Å². The summed E-state index contributed by atoms with van der Waals surface area (Å²) >= 11 is 0. The number of carbonyl (C=O) groups is 2. The average molecular weight is 400 g/mol. The first kappa shape index (κ1) is 19.1. The van der Waals surface area contributed by atoms with Gasteiger partial charge in [-0.05, 0) is 69.1 Å². The predicted octanol–water partition coefficient (Wildman–Crippen LogP) is 2.32. The molecular formula is C22H33N5O2. The third-order valence-electron chi connectivity index (χ3n) is 8.09. The molecule has 0 radical (unpaired) electrons. The number of hydrogen-bond donors (Lipinski definition) is 1. The molecule has 0 bridgehead atoms. The van der Waals surface area contributed by atoms with Gasteiger partial charge in [0.25, 0.3) is 0 Å². The molecule has 7 nitrogen and oxygen atoms in total. The van der Waals surface area contributed by atoms with Crippen LogP contribution in [0.3, 0.4) is 0 Å². The molecule has 7 heteroatoms. The molecule has 2 saturated heterocycles. The van der Waals surface area contributed by atoms with Crippen LogP contribution in [0.2, 0.25) is 0 Å². The summed E-state index contributed by atoms with van der Waals surface area (Å²) in [5, 5.41) is 6.91. The zero-order chi connectivity index (χ0) is 20.0. The molecule has 3 heterocycles. The fourth-order valence-electron chi connectivity index (χ4n) is 6.21. The van der Waals surface area contributed by atoms with Crippen molar-refractivity contribution in [1.82, 2.24) is 25.0 Å². The zero-order valence-corrected chi connectivity index (χ0v) is 17.5. The van der Waals surface area contributed by atoms with Crippen LogP contribution in [0.1, 0.15) is 63.0 Å². The van der Waals surface area contributed by atoms with E-state index < -0.39 is 0 Å². The molecular weight excluding hydrogens is 366 g/mol. The van der Waals surface area contributed by atoms with Crippen LogP contribution in [0.15, 0.2) is 0 Å². The highest BCUT2D eigenvalue weighted by Crippen LogP contribution is 2.59. The highest BCUT2D eigenvalue weighted by Gasteiger charge is 2.52. The van der Waals surface area contributed by atoms with Gasteiger partial charge in [-0.25, -0.2) is 4.98 Å². The Labute approximate surface area is 172 Å². The maximum Gasteiger partial charge on any atom is 0.230 e. The Balaban J connectivity index is 1.12. The van der Waals surface area contributed by atoms with Crippen molar-refractivity contribution >= 4 is 11.8 Å². The number of amides is 2. The summed E-state index contributed by atoms with van der Waals surface area (Å²) in [6.07, 6.45) is 9.92. The molecule has 1 aromatic rings. The third kappa shape index (κ3) is 3.68. The molecule has 1 spiro atoms. The van der Waals surface area contributed by atoms with Crippen molar-refractivity contribution in [3.05, 3.63) is 11.6 Å². The normalized spacial score (nSPS) is 29.0. The molecule has 1 N–H and O–H groups in total. The number of carbonyl (C=O) groups excluding carboxylic acids is 2. The first-order chi connectivity index (χ1) is 14.0. The van der Waals surface area contributed by atoms with E-state index in [0.717, 1.165) is 57.7 Å². The maximum atomic E-state index is 12.9. The number of likely N-dealkylation sites (tertiary alicyclic amines) is 2. The first-order valence-corrected chi connectivity index (χ1v) is 11.5. The van der Waals surface area contributed by atoms with Gasteiger partial charge in [-0.15, -0.1) is 0 Å². The van der Waals surface area contributed by atoms with E-state index >= 15 is 0 Å². The molecule has 0 aromatic carbocycles. The summed E-state index contributed by atoms with van der Waals surface area (Å²) in [4.78, 5) is 34.0. The second-order valence-electron chi connectivity index (χ2n) is 10.0. The molecule has 2 saturated carbocycles. The predicted molar refractivity (Wildman–Crippen MR) is 108 cm³/mol. The number of aromatic amines is 1. The number of nitrogens with zero attached hydrogens (tertiary/aromatic N) is 4. The number of nitrogens with one attached hydrogen (secondary N) is 1. The van der Waals surface area contributed by atoms with E-state index in [-0.39, 0.29) is 12.3 Å². The number of piperidine rings is 1. The standard InChI is InChI=1S/C22H33N5O2/c1-15-23-19(25-24-15)10-20(28)26-8-2-4-16(13-26)17-5-9-27(14-17)21(29)18-11-22(12-18)6-3-7-22/h16-18H,2-14H2,1H3,(H,23,24,25). The van der Waals surface area contributed by atoms with Crippen LogP contribution >= 0.6 is 0 Å². The van der Waals surface area contributed by atoms with E-state index in [4.69, 9.17) is 0 Å². The van der Waals surface area contributed by atoms with Crippen LogP contribution in [0.25, 0.3) is 0 Å². The number of aryl methyl sites for hydroxylation is 1. The summed E-state index contributed by atoms with van der Waals surface area (Å²) in [5.74, 6) is 3.21. The molecule has 2 aliphatic heterocycles. The minimum atomic E-state index is 0.125. The highest BCUT2D eigenvalue weighted by atomic mass is 16.2. The fourth-order valence-corrected chi connectivity index (χ4v) is 6.21. The van der Waals surface area contributed by atoms with Crippen molar-refractivity contribution in [3.8, 4) is 0 Å². The molecule has 5 rings (SSSR count). The van der Waals surface area contributed by atoms with Crippen molar-refractivity contribution < 1.29 is 9.59 Å². The van der Waals surface area contributed by atoms with E-state index in [2.05, 4.69) is 20.1 Å². The Hall–Kier alpha value is -1.92. The van der Waals surface area contributed by atoms with Crippen LogP contribution in [-0.4, -0.2) is 63.0 Å².